The summed E-state index contributed by atoms with van der Waals surface area (Å²) in [5.41, 5.74) is 7.47. The van der Waals surface area contributed by atoms with Gasteiger partial charge in [-0.05, 0) is 41.8 Å². The van der Waals surface area contributed by atoms with Gasteiger partial charge in [-0.3, -0.25) is 14.3 Å². The number of H-pyrrole nitrogens is 1. The van der Waals surface area contributed by atoms with Crippen LogP contribution in [0.1, 0.15) is 12.0 Å². The molecule has 2 aromatic rings. The number of aryl methyl sites for hydroxylation is 1. The van der Waals surface area contributed by atoms with Crippen molar-refractivity contribution >= 4 is 0 Å². The highest BCUT2D eigenvalue weighted by Gasteiger charge is 2.47. The van der Waals surface area contributed by atoms with E-state index in [4.69, 9.17) is 25.6 Å². The number of benzene rings is 1. The molecule has 0 bridgehead atoms. The molecule has 0 saturated carbocycles. The maximum atomic E-state index is 11.9. The summed E-state index contributed by atoms with van der Waals surface area (Å²) in [6.07, 6.45) is -1.13. The third kappa shape index (κ3) is 4.50. The first-order chi connectivity index (χ1) is 13.2. The minimum absolute atomic E-state index is 0.169. The number of nitrogens with one attached hydrogen (secondary N) is 1. The minimum Gasteiger partial charge on any atom is -0.508 e. The zero-order chi connectivity index (χ0) is 20.9. The lowest BCUT2D eigenvalue weighted by molar-refractivity contribution is -0.115. The zero-order valence-electron chi connectivity index (χ0n) is 14.8. The third-order valence-corrected chi connectivity index (χ3v) is 3.97. The van der Waals surface area contributed by atoms with Gasteiger partial charge in [-0.1, -0.05) is 0 Å². The van der Waals surface area contributed by atoms with Gasteiger partial charge in [0.05, 0.1) is 12.7 Å². The van der Waals surface area contributed by atoms with Gasteiger partial charge in [-0.2, -0.15) is 0 Å². The molecule has 1 aliphatic heterocycles. The molecule has 1 saturated heterocycles. The lowest BCUT2D eigenvalue weighted by Gasteiger charge is -2.25. The summed E-state index contributed by atoms with van der Waals surface area (Å²) in [5, 5.41) is 39.6. The molecule has 3 atom stereocenters. The summed E-state index contributed by atoms with van der Waals surface area (Å²) in [5.74, 6) is -1.47. The number of nitrogens with zero attached hydrogens (tertiary/aromatic N) is 4. The number of rotatable bonds is 3. The van der Waals surface area contributed by atoms with Crippen LogP contribution in [0.2, 0.25) is 0 Å². The zero-order valence-corrected chi connectivity index (χ0v) is 14.8. The molecule has 5 N–H and O–H groups in total. The van der Waals surface area contributed by atoms with Gasteiger partial charge in [0.15, 0.2) is 0 Å². The molecule has 2 heterocycles. The van der Waals surface area contributed by atoms with Gasteiger partial charge in [0.2, 0.25) is 5.85 Å². The van der Waals surface area contributed by atoms with Gasteiger partial charge in [-0.25, -0.2) is 4.79 Å². The van der Waals surface area contributed by atoms with Crippen molar-refractivity contribution in [1.29, 1.82) is 0 Å². The van der Waals surface area contributed by atoms with Gasteiger partial charge in [0.25, 0.3) is 5.56 Å². The van der Waals surface area contributed by atoms with Crippen LogP contribution in [0.5, 0.6) is 11.5 Å². The van der Waals surface area contributed by atoms with Crippen molar-refractivity contribution in [3.05, 3.63) is 67.3 Å². The number of hydrogen-bond donors (Lipinski definition) is 5. The van der Waals surface area contributed by atoms with Crippen molar-refractivity contribution in [1.82, 2.24) is 9.55 Å². The van der Waals surface area contributed by atoms with E-state index in [1.165, 1.54) is 37.4 Å². The Balaban J connectivity index is 0.000000292. The normalized spacial score (nSPS) is 23.4. The quantitative estimate of drug-likeness (QED) is 0.209. The molecule has 0 spiro atoms. The fourth-order valence-corrected chi connectivity index (χ4v) is 2.55. The van der Waals surface area contributed by atoms with E-state index in [0.29, 0.717) is 0 Å². The fraction of sp³-hybridized carbons (Fsp3) is 0.375. The summed E-state index contributed by atoms with van der Waals surface area (Å²) in [4.78, 5) is 27.9. The first kappa shape index (κ1) is 21.0. The SMILES string of the molecule is Cc1cn([C@@]2(N=[N+]=[N-])C[C@H](O)[C@@H](CO)O2)c(=O)[nH]c1=O.Oc1ccc(O)cc1. The highest BCUT2D eigenvalue weighted by molar-refractivity contribution is 5.28. The number of hydrogen-bond acceptors (Lipinski definition) is 8. The first-order valence-electron chi connectivity index (χ1n) is 8.06. The van der Waals surface area contributed by atoms with Crippen LogP contribution in [0.15, 0.2) is 45.2 Å². The van der Waals surface area contributed by atoms with E-state index in [0.717, 1.165) is 4.57 Å². The van der Waals surface area contributed by atoms with E-state index in [1.54, 1.807) is 0 Å². The molecule has 1 aromatic heterocycles. The molecule has 150 valence electrons. The van der Waals surface area contributed by atoms with Crippen molar-refractivity contribution < 1.29 is 25.2 Å². The van der Waals surface area contributed by atoms with Gasteiger partial charge in [0.1, 0.15) is 17.6 Å². The van der Waals surface area contributed by atoms with Crippen molar-refractivity contribution in [3.63, 3.8) is 0 Å². The predicted octanol–water partition coefficient (Wildman–Crippen LogP) is 0.00552. The molecule has 1 fully saturated rings. The van der Waals surface area contributed by atoms with Crippen molar-refractivity contribution in [2.24, 2.45) is 5.11 Å². The van der Waals surface area contributed by atoms with E-state index in [2.05, 4.69) is 15.0 Å². The second-order valence-corrected chi connectivity index (χ2v) is 6.00. The Kier molecular flexibility index (Phi) is 6.44. The lowest BCUT2D eigenvalue weighted by Crippen LogP contribution is -2.43. The first-order valence-corrected chi connectivity index (χ1v) is 8.06. The van der Waals surface area contributed by atoms with Gasteiger partial charge in [0, 0.05) is 23.1 Å². The number of phenolic OH excluding ortho intramolecular Hbond substituents is 2. The second-order valence-electron chi connectivity index (χ2n) is 6.00. The molecule has 28 heavy (non-hydrogen) atoms. The molecule has 12 nitrogen and oxygen atoms in total. The Labute approximate surface area is 157 Å². The average molecular weight is 393 g/mol. The summed E-state index contributed by atoms with van der Waals surface area (Å²) >= 11 is 0. The standard InChI is InChI=1S/C10H13N5O5.C6H6O2/c1-5-3-15(9(19)12-8(5)18)10(13-14-11)2-6(17)7(4-16)20-10;7-5-1-2-6(8)4-3-5/h3,6-7,16-17H,2,4H2,1H3,(H,12,18,19);1-4,7-8H/t6-,7+,10-;/m0./s1. The smallest absolute Gasteiger partial charge is 0.330 e. The number of aromatic amines is 1. The van der Waals surface area contributed by atoms with Crippen LogP contribution < -0.4 is 11.2 Å². The topological polar surface area (TPSA) is 194 Å². The second kappa shape index (κ2) is 8.59. The van der Waals surface area contributed by atoms with Crippen LogP contribution in [0, 0.1) is 6.92 Å². The average Bonchev–Trinajstić information content (AvgIpc) is 2.98. The van der Waals surface area contributed by atoms with Gasteiger partial charge < -0.3 is 25.2 Å². The van der Waals surface area contributed by atoms with E-state index < -0.39 is 35.9 Å². The van der Waals surface area contributed by atoms with Crippen molar-refractivity contribution in [2.75, 3.05) is 6.61 Å². The van der Waals surface area contributed by atoms with E-state index >= 15 is 0 Å². The van der Waals surface area contributed by atoms with Crippen LogP contribution in [0.4, 0.5) is 0 Å². The van der Waals surface area contributed by atoms with Crippen LogP contribution in [-0.2, 0) is 10.6 Å². The summed E-state index contributed by atoms with van der Waals surface area (Å²) < 4.78 is 6.24. The minimum atomic E-state index is -1.81. The highest BCUT2D eigenvalue weighted by Crippen LogP contribution is 2.35. The molecule has 1 aromatic carbocycles. The Hall–Kier alpha value is -3.31. The Morgan fingerprint density at radius 3 is 2.36 bits per heavy atom. The number of ether oxygens (including phenoxy) is 1. The molecule has 3 rings (SSSR count). The number of aromatic nitrogens is 2. The van der Waals surface area contributed by atoms with Gasteiger partial charge >= 0.3 is 5.69 Å². The number of aliphatic hydroxyl groups is 2. The summed E-state index contributed by atoms with van der Waals surface area (Å²) in [6, 6.07) is 5.70. The molecule has 0 unspecified atom stereocenters. The summed E-state index contributed by atoms with van der Waals surface area (Å²) in [7, 11) is 0. The largest absolute Gasteiger partial charge is 0.508 e. The van der Waals surface area contributed by atoms with Gasteiger partial charge in [-0.15, -0.1) is 0 Å². The Morgan fingerprint density at radius 2 is 1.89 bits per heavy atom. The van der Waals surface area contributed by atoms with Crippen LogP contribution in [-0.4, -0.2) is 48.8 Å². The fourth-order valence-electron chi connectivity index (χ4n) is 2.55. The van der Waals surface area contributed by atoms with Crippen molar-refractivity contribution in [3.8, 4) is 11.5 Å². The molecule has 0 radical (unpaired) electrons. The van der Waals surface area contributed by atoms with E-state index in [1.807, 2.05) is 0 Å². The maximum Gasteiger partial charge on any atom is 0.330 e. The number of phenols is 2. The Bertz CT molecular complexity index is 959. The molecular weight excluding hydrogens is 374 g/mol. The van der Waals surface area contributed by atoms with E-state index in [9.17, 15) is 14.7 Å². The highest BCUT2D eigenvalue weighted by atomic mass is 16.6. The van der Waals surface area contributed by atoms with E-state index in [-0.39, 0.29) is 23.5 Å². The predicted molar refractivity (Wildman–Crippen MR) is 95.5 cm³/mol. The molecule has 12 heteroatoms. The number of azide groups is 1. The van der Waals surface area contributed by atoms with Crippen LogP contribution >= 0.6 is 0 Å². The third-order valence-electron chi connectivity index (χ3n) is 3.97. The van der Waals surface area contributed by atoms with Crippen LogP contribution in [0.3, 0.4) is 0 Å². The number of aromatic hydroxyl groups is 2. The molecule has 0 amide bonds. The van der Waals surface area contributed by atoms with Crippen LogP contribution in [0.25, 0.3) is 10.4 Å². The van der Waals surface area contributed by atoms with Crippen molar-refractivity contribution in [2.45, 2.75) is 31.4 Å². The monoisotopic (exact) mass is 393 g/mol. The number of aliphatic hydroxyl groups excluding tert-OH is 2. The summed E-state index contributed by atoms with van der Waals surface area (Å²) in [6.45, 7) is 0.967. The molecule has 1 aliphatic rings. The molecular formula is C16H19N5O7. The Morgan fingerprint density at radius 1 is 1.32 bits per heavy atom. The lowest BCUT2D eigenvalue weighted by atomic mass is 10.1. The maximum absolute atomic E-state index is 11.9. The molecule has 0 aliphatic carbocycles.